The summed E-state index contributed by atoms with van der Waals surface area (Å²) in [5.74, 6) is 0.352. The predicted molar refractivity (Wildman–Crippen MR) is 130 cm³/mol. The largest absolute Gasteiger partial charge is 0.384 e. The van der Waals surface area contributed by atoms with E-state index in [0.717, 1.165) is 33.2 Å². The molecule has 0 saturated heterocycles. The molecule has 0 bridgehead atoms. The van der Waals surface area contributed by atoms with Crippen molar-refractivity contribution in [2.24, 2.45) is 0 Å². The Morgan fingerprint density at radius 1 is 1.27 bits per heavy atom. The molecule has 9 heteroatoms. The zero-order valence-electron chi connectivity index (χ0n) is 18.2. The molecule has 0 spiro atoms. The van der Waals surface area contributed by atoms with E-state index in [1.54, 1.807) is 12.5 Å². The van der Waals surface area contributed by atoms with Gasteiger partial charge in [0, 0.05) is 35.5 Å². The number of nitrogens with one attached hydrogen (secondary N) is 3. The Bertz CT molecular complexity index is 1400. The molecule has 4 aromatic heterocycles. The van der Waals surface area contributed by atoms with Crippen molar-refractivity contribution in [1.29, 1.82) is 5.41 Å². The van der Waals surface area contributed by atoms with Crippen LogP contribution in [-0.2, 0) is 17.9 Å². The number of carbonyl (C=O) groups excluding carboxylic acids is 1. The average molecular weight is 506 g/mol. The van der Waals surface area contributed by atoms with Gasteiger partial charge in [0.2, 0.25) is 0 Å². The molecule has 0 aliphatic heterocycles. The SMILES string of the molecule is Cc1cc2nc(CN/C=C(\C=N)C(=O)NCc3ncn4ccc(Br)cc34)cn2cc1C1CC1. The minimum atomic E-state index is -0.339. The van der Waals surface area contributed by atoms with Gasteiger partial charge in [-0.1, -0.05) is 15.9 Å². The number of pyridine rings is 2. The Morgan fingerprint density at radius 3 is 2.91 bits per heavy atom. The summed E-state index contributed by atoms with van der Waals surface area (Å²) in [6, 6.07) is 6.00. The molecule has 168 valence electrons. The molecule has 0 unspecified atom stereocenters. The Kier molecular flexibility index (Phi) is 5.72. The summed E-state index contributed by atoms with van der Waals surface area (Å²) in [7, 11) is 0. The number of aromatic nitrogens is 4. The van der Waals surface area contributed by atoms with E-state index < -0.39 is 0 Å². The second-order valence-corrected chi connectivity index (χ2v) is 9.24. The van der Waals surface area contributed by atoms with Gasteiger partial charge in [-0.15, -0.1) is 0 Å². The number of rotatable bonds is 8. The monoisotopic (exact) mass is 505 g/mol. The zero-order valence-corrected chi connectivity index (χ0v) is 19.8. The molecule has 4 heterocycles. The lowest BCUT2D eigenvalue weighted by atomic mass is 10.1. The second-order valence-electron chi connectivity index (χ2n) is 8.32. The summed E-state index contributed by atoms with van der Waals surface area (Å²) in [5, 5.41) is 13.6. The van der Waals surface area contributed by atoms with Gasteiger partial charge in [0.05, 0.1) is 41.9 Å². The van der Waals surface area contributed by atoms with E-state index in [-0.39, 0.29) is 18.0 Å². The fourth-order valence-electron chi connectivity index (χ4n) is 3.96. The van der Waals surface area contributed by atoms with Crippen molar-refractivity contribution in [1.82, 2.24) is 29.4 Å². The van der Waals surface area contributed by atoms with Gasteiger partial charge in [-0.05, 0) is 55.0 Å². The molecule has 1 fully saturated rings. The summed E-state index contributed by atoms with van der Waals surface area (Å²) < 4.78 is 4.91. The summed E-state index contributed by atoms with van der Waals surface area (Å²) >= 11 is 3.46. The van der Waals surface area contributed by atoms with Gasteiger partial charge in [0.25, 0.3) is 5.91 Å². The first-order chi connectivity index (χ1) is 16.0. The predicted octanol–water partition coefficient (Wildman–Crippen LogP) is 3.87. The van der Waals surface area contributed by atoms with E-state index in [1.165, 1.54) is 24.0 Å². The maximum atomic E-state index is 12.6. The number of imidazole rings is 2. The van der Waals surface area contributed by atoms with Gasteiger partial charge < -0.3 is 24.8 Å². The van der Waals surface area contributed by atoms with E-state index in [2.05, 4.69) is 60.1 Å². The third-order valence-corrected chi connectivity index (χ3v) is 6.36. The van der Waals surface area contributed by atoms with Crippen LogP contribution in [0.3, 0.4) is 0 Å². The van der Waals surface area contributed by atoms with Gasteiger partial charge in [0.1, 0.15) is 5.65 Å². The lowest BCUT2D eigenvalue weighted by Crippen LogP contribution is -2.26. The number of carbonyl (C=O) groups is 1. The number of aryl methyl sites for hydroxylation is 1. The number of fused-ring (bicyclic) bond motifs is 2. The molecular formula is C24H24BrN7O. The average Bonchev–Trinajstić information content (AvgIpc) is 3.45. The van der Waals surface area contributed by atoms with Crippen LogP contribution in [0.15, 0.2) is 59.4 Å². The maximum Gasteiger partial charge on any atom is 0.254 e. The molecule has 8 nitrogen and oxygen atoms in total. The molecular weight excluding hydrogens is 482 g/mol. The molecule has 1 amide bonds. The summed E-state index contributed by atoms with van der Waals surface area (Å²) in [4.78, 5) is 21.6. The molecule has 0 atom stereocenters. The number of nitrogens with zero attached hydrogens (tertiary/aromatic N) is 4. The van der Waals surface area contributed by atoms with E-state index >= 15 is 0 Å². The van der Waals surface area contributed by atoms with Gasteiger partial charge in [-0.2, -0.15) is 0 Å². The van der Waals surface area contributed by atoms with Crippen LogP contribution in [0, 0.1) is 12.3 Å². The van der Waals surface area contributed by atoms with Gasteiger partial charge in [0.15, 0.2) is 0 Å². The second kappa shape index (κ2) is 8.82. The number of amides is 1. The van der Waals surface area contributed by atoms with Crippen LogP contribution < -0.4 is 10.6 Å². The Morgan fingerprint density at radius 2 is 2.12 bits per heavy atom. The number of hydrogen-bond acceptors (Lipinski definition) is 5. The van der Waals surface area contributed by atoms with Crippen LogP contribution in [-0.4, -0.2) is 30.9 Å². The van der Waals surface area contributed by atoms with Crippen molar-refractivity contribution in [3.63, 3.8) is 0 Å². The van der Waals surface area contributed by atoms with Crippen LogP contribution in [0.25, 0.3) is 11.2 Å². The van der Waals surface area contributed by atoms with Gasteiger partial charge >= 0.3 is 0 Å². The molecule has 4 aromatic rings. The highest BCUT2D eigenvalue weighted by molar-refractivity contribution is 9.10. The third-order valence-electron chi connectivity index (χ3n) is 5.86. The Hall–Kier alpha value is -3.46. The molecule has 1 aliphatic rings. The van der Waals surface area contributed by atoms with Crippen LogP contribution in [0.1, 0.15) is 41.3 Å². The minimum Gasteiger partial charge on any atom is -0.384 e. The number of halogens is 1. The topological polar surface area (TPSA) is 99.6 Å². The quantitative estimate of drug-likeness (QED) is 0.250. The minimum absolute atomic E-state index is 0.232. The van der Waals surface area contributed by atoms with Crippen molar-refractivity contribution < 1.29 is 4.79 Å². The van der Waals surface area contributed by atoms with Crippen molar-refractivity contribution in [2.75, 3.05) is 0 Å². The summed E-state index contributed by atoms with van der Waals surface area (Å²) in [5.41, 5.74) is 6.38. The smallest absolute Gasteiger partial charge is 0.254 e. The molecule has 1 aliphatic carbocycles. The molecule has 5 rings (SSSR count). The van der Waals surface area contributed by atoms with Gasteiger partial charge in [-0.25, -0.2) is 9.97 Å². The van der Waals surface area contributed by atoms with E-state index in [0.29, 0.717) is 12.5 Å². The normalized spacial score (nSPS) is 14.1. The molecule has 1 saturated carbocycles. The summed E-state index contributed by atoms with van der Waals surface area (Å²) in [6.07, 6.45) is 12.9. The van der Waals surface area contributed by atoms with Crippen molar-refractivity contribution >= 4 is 39.2 Å². The Labute approximate surface area is 199 Å². The van der Waals surface area contributed by atoms with Crippen LogP contribution in [0.4, 0.5) is 0 Å². The third kappa shape index (κ3) is 4.54. The van der Waals surface area contributed by atoms with E-state index in [9.17, 15) is 4.79 Å². The standard InChI is InChI=1S/C24H24BrN7O/c1-15-6-23-30-19(12-32(23)13-20(15)16-2-3-16)10-27-9-17(8-26)24(33)28-11-21-22-7-18(25)4-5-31(22)14-29-21/h4-9,12-14,16,26-27H,2-3,10-11H2,1H3,(H,28,33)/b17-9+,26-8?. The Balaban J connectivity index is 1.22. The van der Waals surface area contributed by atoms with Crippen LogP contribution in [0.5, 0.6) is 0 Å². The first-order valence-electron chi connectivity index (χ1n) is 10.8. The van der Waals surface area contributed by atoms with Crippen LogP contribution >= 0.6 is 15.9 Å². The van der Waals surface area contributed by atoms with E-state index in [4.69, 9.17) is 5.41 Å². The van der Waals surface area contributed by atoms with Crippen molar-refractivity contribution in [3.8, 4) is 0 Å². The molecule has 33 heavy (non-hydrogen) atoms. The van der Waals surface area contributed by atoms with E-state index in [1.807, 2.05) is 28.9 Å². The van der Waals surface area contributed by atoms with Crippen molar-refractivity contribution in [2.45, 2.75) is 38.8 Å². The van der Waals surface area contributed by atoms with Gasteiger partial charge in [-0.3, -0.25) is 4.79 Å². The first-order valence-corrected chi connectivity index (χ1v) is 11.6. The molecule has 0 aromatic carbocycles. The fraction of sp³-hybridized carbons (Fsp3) is 0.250. The van der Waals surface area contributed by atoms with Crippen LogP contribution in [0.2, 0.25) is 0 Å². The zero-order chi connectivity index (χ0) is 22.9. The number of hydrogen-bond donors (Lipinski definition) is 3. The molecule has 3 N–H and O–H groups in total. The lowest BCUT2D eigenvalue weighted by molar-refractivity contribution is -0.117. The lowest BCUT2D eigenvalue weighted by Gasteiger charge is -2.05. The summed E-state index contributed by atoms with van der Waals surface area (Å²) in [6.45, 7) is 2.87. The highest BCUT2D eigenvalue weighted by Gasteiger charge is 2.25. The highest BCUT2D eigenvalue weighted by atomic mass is 79.9. The maximum absolute atomic E-state index is 12.6. The van der Waals surface area contributed by atoms with Crippen molar-refractivity contribution in [3.05, 3.63) is 81.9 Å². The molecule has 0 radical (unpaired) electrons. The highest BCUT2D eigenvalue weighted by Crippen LogP contribution is 2.41. The first kappa shape index (κ1) is 21.4. The fourth-order valence-corrected chi connectivity index (χ4v) is 4.30.